The van der Waals surface area contributed by atoms with Crippen LogP contribution in [0.3, 0.4) is 0 Å². The van der Waals surface area contributed by atoms with E-state index in [4.69, 9.17) is 4.74 Å². The normalized spacial score (nSPS) is 12.1. The van der Waals surface area contributed by atoms with Gasteiger partial charge < -0.3 is 15.4 Å². The Morgan fingerprint density at radius 2 is 1.88 bits per heavy atom. The standard InChI is InChI=1S/C20H27N3O.HI/c1-15-10-11-19(24-4)18(14-15)12-13-22-20(21-3)23-16(2)17-8-6-5-7-9-17;/h5-11,14,16H,12-13H2,1-4H3,(H2,21,22,23);1H. The molecule has 5 heteroatoms. The first-order valence-electron chi connectivity index (χ1n) is 8.29. The summed E-state index contributed by atoms with van der Waals surface area (Å²) >= 11 is 0. The minimum absolute atomic E-state index is 0. The van der Waals surface area contributed by atoms with Gasteiger partial charge in [-0.05, 0) is 37.5 Å². The van der Waals surface area contributed by atoms with Crippen LogP contribution >= 0.6 is 24.0 Å². The van der Waals surface area contributed by atoms with Crippen molar-refractivity contribution in [3.63, 3.8) is 0 Å². The molecule has 136 valence electrons. The van der Waals surface area contributed by atoms with Crippen molar-refractivity contribution < 1.29 is 4.74 Å². The zero-order valence-corrected chi connectivity index (χ0v) is 17.7. The Morgan fingerprint density at radius 3 is 2.52 bits per heavy atom. The van der Waals surface area contributed by atoms with Crippen LogP contribution in [0.4, 0.5) is 0 Å². The number of aliphatic imine (C=N–C) groups is 1. The lowest BCUT2D eigenvalue weighted by molar-refractivity contribution is 0.409. The highest BCUT2D eigenvalue weighted by Crippen LogP contribution is 2.19. The van der Waals surface area contributed by atoms with Gasteiger partial charge in [0.25, 0.3) is 0 Å². The number of benzene rings is 2. The summed E-state index contributed by atoms with van der Waals surface area (Å²) in [4.78, 5) is 4.31. The number of nitrogens with one attached hydrogen (secondary N) is 2. The maximum absolute atomic E-state index is 5.43. The molecule has 1 atom stereocenters. The molecule has 0 saturated carbocycles. The summed E-state index contributed by atoms with van der Waals surface area (Å²) in [5.41, 5.74) is 3.68. The van der Waals surface area contributed by atoms with Crippen LogP contribution in [0.5, 0.6) is 5.75 Å². The summed E-state index contributed by atoms with van der Waals surface area (Å²) in [5, 5.41) is 6.79. The SMILES string of the molecule is CN=C(NCCc1cc(C)ccc1OC)NC(C)c1ccccc1.I. The van der Waals surface area contributed by atoms with Gasteiger partial charge in [-0.15, -0.1) is 24.0 Å². The lowest BCUT2D eigenvalue weighted by Gasteiger charge is -2.18. The van der Waals surface area contributed by atoms with E-state index < -0.39 is 0 Å². The number of aryl methyl sites for hydroxylation is 1. The van der Waals surface area contributed by atoms with Crippen LogP contribution in [0.25, 0.3) is 0 Å². The Bertz CT molecular complexity index is 674. The van der Waals surface area contributed by atoms with Crippen molar-refractivity contribution in [3.8, 4) is 5.75 Å². The van der Waals surface area contributed by atoms with E-state index in [0.29, 0.717) is 0 Å². The predicted octanol–water partition coefficient (Wildman–Crippen LogP) is 4.09. The van der Waals surface area contributed by atoms with Crippen LogP contribution in [0.15, 0.2) is 53.5 Å². The number of nitrogens with zero attached hydrogens (tertiary/aromatic N) is 1. The fourth-order valence-corrected chi connectivity index (χ4v) is 2.64. The molecule has 0 saturated heterocycles. The highest BCUT2D eigenvalue weighted by Gasteiger charge is 2.08. The molecular formula is C20H28IN3O. The van der Waals surface area contributed by atoms with E-state index in [1.165, 1.54) is 16.7 Å². The molecule has 4 nitrogen and oxygen atoms in total. The van der Waals surface area contributed by atoms with Crippen molar-refractivity contribution in [1.82, 2.24) is 10.6 Å². The van der Waals surface area contributed by atoms with E-state index in [2.05, 4.69) is 53.7 Å². The van der Waals surface area contributed by atoms with Gasteiger partial charge >= 0.3 is 0 Å². The Labute approximate surface area is 168 Å². The van der Waals surface area contributed by atoms with Gasteiger partial charge in [0.2, 0.25) is 0 Å². The summed E-state index contributed by atoms with van der Waals surface area (Å²) in [6.07, 6.45) is 0.880. The van der Waals surface area contributed by atoms with Crippen molar-refractivity contribution in [3.05, 3.63) is 65.2 Å². The van der Waals surface area contributed by atoms with Gasteiger partial charge in [-0.1, -0.05) is 48.0 Å². The lowest BCUT2D eigenvalue weighted by Crippen LogP contribution is -2.39. The highest BCUT2D eigenvalue weighted by molar-refractivity contribution is 14.0. The van der Waals surface area contributed by atoms with Crippen molar-refractivity contribution >= 4 is 29.9 Å². The Kier molecular flexibility index (Phi) is 9.34. The minimum Gasteiger partial charge on any atom is -0.496 e. The minimum atomic E-state index is 0. The number of guanidine groups is 1. The van der Waals surface area contributed by atoms with E-state index in [1.54, 1.807) is 14.2 Å². The van der Waals surface area contributed by atoms with Crippen molar-refractivity contribution in [1.29, 1.82) is 0 Å². The largest absolute Gasteiger partial charge is 0.496 e. The number of ether oxygens (including phenoxy) is 1. The van der Waals surface area contributed by atoms with Gasteiger partial charge in [-0.3, -0.25) is 4.99 Å². The van der Waals surface area contributed by atoms with E-state index in [9.17, 15) is 0 Å². The van der Waals surface area contributed by atoms with Gasteiger partial charge in [0.1, 0.15) is 5.75 Å². The van der Waals surface area contributed by atoms with Crippen molar-refractivity contribution in [2.24, 2.45) is 4.99 Å². The highest BCUT2D eigenvalue weighted by atomic mass is 127. The fraction of sp³-hybridized carbons (Fsp3) is 0.350. The third kappa shape index (κ3) is 6.57. The third-order valence-corrected chi connectivity index (χ3v) is 4.00. The van der Waals surface area contributed by atoms with E-state index in [0.717, 1.165) is 24.7 Å². The molecule has 2 aromatic carbocycles. The van der Waals surface area contributed by atoms with Crippen LogP contribution in [0.1, 0.15) is 29.7 Å². The topological polar surface area (TPSA) is 45.7 Å². The molecule has 0 spiro atoms. The van der Waals surface area contributed by atoms with Gasteiger partial charge in [-0.25, -0.2) is 0 Å². The summed E-state index contributed by atoms with van der Waals surface area (Å²) < 4.78 is 5.43. The molecule has 0 aromatic heterocycles. The first kappa shape index (κ1) is 21.3. The van der Waals surface area contributed by atoms with Crippen molar-refractivity contribution in [2.75, 3.05) is 20.7 Å². The molecule has 0 heterocycles. The molecule has 2 N–H and O–H groups in total. The van der Waals surface area contributed by atoms with Crippen LogP contribution in [-0.2, 0) is 6.42 Å². The maximum atomic E-state index is 5.43. The number of halogens is 1. The average molecular weight is 453 g/mol. The molecule has 2 aromatic rings. The zero-order valence-electron chi connectivity index (χ0n) is 15.4. The van der Waals surface area contributed by atoms with E-state index >= 15 is 0 Å². The Balaban J connectivity index is 0.00000312. The number of hydrogen-bond donors (Lipinski definition) is 2. The average Bonchev–Trinajstić information content (AvgIpc) is 2.61. The van der Waals surface area contributed by atoms with Gasteiger partial charge in [0.15, 0.2) is 5.96 Å². The van der Waals surface area contributed by atoms with Crippen LogP contribution in [0, 0.1) is 6.92 Å². The summed E-state index contributed by atoms with van der Waals surface area (Å²) in [7, 11) is 3.50. The maximum Gasteiger partial charge on any atom is 0.191 e. The molecule has 0 radical (unpaired) electrons. The molecule has 0 amide bonds. The molecule has 25 heavy (non-hydrogen) atoms. The van der Waals surface area contributed by atoms with E-state index in [1.807, 2.05) is 24.3 Å². The Hall–Kier alpha value is -1.76. The molecule has 0 aliphatic heterocycles. The lowest BCUT2D eigenvalue weighted by atomic mass is 10.1. The number of rotatable bonds is 6. The second kappa shape index (κ2) is 11.0. The monoisotopic (exact) mass is 453 g/mol. The van der Waals surface area contributed by atoms with Crippen LogP contribution in [0.2, 0.25) is 0 Å². The molecular weight excluding hydrogens is 425 g/mol. The number of methoxy groups -OCH3 is 1. The first-order chi connectivity index (χ1) is 11.6. The fourth-order valence-electron chi connectivity index (χ4n) is 2.64. The molecule has 0 bridgehead atoms. The van der Waals surface area contributed by atoms with Crippen molar-refractivity contribution in [2.45, 2.75) is 26.3 Å². The van der Waals surface area contributed by atoms with Gasteiger partial charge in [0, 0.05) is 13.6 Å². The molecule has 0 aliphatic carbocycles. The predicted molar refractivity (Wildman–Crippen MR) is 116 cm³/mol. The summed E-state index contributed by atoms with van der Waals surface area (Å²) in [6, 6.07) is 16.8. The molecule has 2 rings (SSSR count). The van der Waals surface area contributed by atoms with Gasteiger partial charge in [0.05, 0.1) is 13.2 Å². The third-order valence-electron chi connectivity index (χ3n) is 4.00. The second-order valence-corrected chi connectivity index (χ2v) is 5.84. The zero-order chi connectivity index (χ0) is 17.4. The molecule has 1 unspecified atom stereocenters. The second-order valence-electron chi connectivity index (χ2n) is 5.84. The van der Waals surface area contributed by atoms with Crippen LogP contribution in [-0.4, -0.2) is 26.7 Å². The Morgan fingerprint density at radius 1 is 1.16 bits per heavy atom. The molecule has 0 aliphatic rings. The van der Waals surface area contributed by atoms with Gasteiger partial charge in [-0.2, -0.15) is 0 Å². The first-order valence-corrected chi connectivity index (χ1v) is 8.29. The quantitative estimate of drug-likeness (QED) is 0.394. The summed E-state index contributed by atoms with van der Waals surface area (Å²) in [5.74, 6) is 1.74. The summed E-state index contributed by atoms with van der Waals surface area (Å²) in [6.45, 7) is 5.02. The number of hydrogen-bond acceptors (Lipinski definition) is 2. The van der Waals surface area contributed by atoms with Crippen LogP contribution < -0.4 is 15.4 Å². The van der Waals surface area contributed by atoms with E-state index in [-0.39, 0.29) is 30.0 Å². The molecule has 0 fully saturated rings. The smallest absolute Gasteiger partial charge is 0.191 e.